The lowest BCUT2D eigenvalue weighted by Gasteiger charge is -2.32. The van der Waals surface area contributed by atoms with Gasteiger partial charge in [-0.3, -0.25) is 14.0 Å². The summed E-state index contributed by atoms with van der Waals surface area (Å²) in [6.07, 6.45) is 4.47. The summed E-state index contributed by atoms with van der Waals surface area (Å²) >= 11 is 0. The van der Waals surface area contributed by atoms with Gasteiger partial charge in [0.15, 0.2) is 11.6 Å². The second kappa shape index (κ2) is 6.16. The minimum atomic E-state index is -0.315. The molecule has 1 aliphatic rings. The Morgan fingerprint density at radius 1 is 1.20 bits per heavy atom. The van der Waals surface area contributed by atoms with E-state index in [1.54, 1.807) is 10.9 Å². The summed E-state index contributed by atoms with van der Waals surface area (Å²) in [7, 11) is 1.86. The van der Waals surface area contributed by atoms with Crippen LogP contribution in [-0.4, -0.2) is 41.9 Å². The van der Waals surface area contributed by atoms with Gasteiger partial charge in [0.05, 0.1) is 18.3 Å². The molecule has 7 heteroatoms. The van der Waals surface area contributed by atoms with E-state index in [1.807, 2.05) is 47.8 Å². The summed E-state index contributed by atoms with van der Waals surface area (Å²) in [4.78, 5) is 14.7. The van der Waals surface area contributed by atoms with Crippen molar-refractivity contribution in [3.63, 3.8) is 0 Å². The predicted molar refractivity (Wildman–Crippen MR) is 92.5 cm³/mol. The second-order valence-electron chi connectivity index (χ2n) is 6.38. The molecule has 1 atom stereocenters. The van der Waals surface area contributed by atoms with Gasteiger partial charge in [0.1, 0.15) is 6.04 Å². The minimum absolute atomic E-state index is 0.105. The van der Waals surface area contributed by atoms with Crippen molar-refractivity contribution in [3.8, 4) is 11.4 Å². The van der Waals surface area contributed by atoms with Crippen molar-refractivity contribution in [1.82, 2.24) is 29.4 Å². The lowest BCUT2D eigenvalue weighted by molar-refractivity contribution is -0.136. The first-order valence-corrected chi connectivity index (χ1v) is 8.39. The van der Waals surface area contributed by atoms with Gasteiger partial charge in [-0.1, -0.05) is 30.3 Å². The monoisotopic (exact) mass is 336 g/mol. The summed E-state index contributed by atoms with van der Waals surface area (Å²) in [5, 5.41) is 12.8. The maximum Gasteiger partial charge on any atom is 0.245 e. The molecular weight excluding hydrogens is 316 g/mol. The Morgan fingerprint density at radius 3 is 2.72 bits per heavy atom. The molecule has 2 aromatic heterocycles. The first kappa shape index (κ1) is 15.6. The van der Waals surface area contributed by atoms with E-state index >= 15 is 0 Å². The second-order valence-corrected chi connectivity index (χ2v) is 6.38. The summed E-state index contributed by atoms with van der Waals surface area (Å²) in [5.74, 6) is 1.62. The minimum Gasteiger partial charge on any atom is -0.333 e. The SMILES string of the molecule is C[C@@H]1C(=O)N(CCc2ccccc2)Cc2nnc(-c3cnn(C)c3)n21. The van der Waals surface area contributed by atoms with E-state index < -0.39 is 0 Å². The van der Waals surface area contributed by atoms with E-state index in [4.69, 9.17) is 0 Å². The highest BCUT2D eigenvalue weighted by atomic mass is 16.2. The van der Waals surface area contributed by atoms with Crippen LogP contribution in [-0.2, 0) is 24.8 Å². The lowest BCUT2D eigenvalue weighted by atomic mass is 10.1. The smallest absolute Gasteiger partial charge is 0.245 e. The van der Waals surface area contributed by atoms with Crippen molar-refractivity contribution in [3.05, 3.63) is 54.1 Å². The largest absolute Gasteiger partial charge is 0.333 e. The average Bonchev–Trinajstić information content (AvgIpc) is 3.23. The molecule has 4 rings (SSSR count). The van der Waals surface area contributed by atoms with Crippen LogP contribution >= 0.6 is 0 Å². The molecule has 0 fully saturated rings. The standard InChI is InChI=1S/C18H20N6O/c1-13-18(25)23(9-8-14-6-4-3-5-7-14)12-16-20-21-17(24(13)16)15-10-19-22(2)11-15/h3-7,10-11,13H,8-9,12H2,1-2H3/t13-/m1/s1. The van der Waals surface area contributed by atoms with Crippen LogP contribution in [0, 0.1) is 0 Å². The third-order valence-electron chi connectivity index (χ3n) is 4.63. The van der Waals surface area contributed by atoms with Crippen LogP contribution in [0.25, 0.3) is 11.4 Å². The van der Waals surface area contributed by atoms with Crippen molar-refractivity contribution in [2.75, 3.05) is 6.54 Å². The van der Waals surface area contributed by atoms with Crippen molar-refractivity contribution in [1.29, 1.82) is 0 Å². The van der Waals surface area contributed by atoms with Crippen molar-refractivity contribution < 1.29 is 4.79 Å². The number of carbonyl (C=O) groups excluding carboxylic acids is 1. The van der Waals surface area contributed by atoms with Gasteiger partial charge in [-0.2, -0.15) is 5.10 Å². The molecule has 0 saturated carbocycles. The number of fused-ring (bicyclic) bond motifs is 1. The quantitative estimate of drug-likeness (QED) is 0.729. The fraction of sp³-hybridized carbons (Fsp3) is 0.333. The van der Waals surface area contributed by atoms with Gasteiger partial charge >= 0.3 is 0 Å². The molecule has 0 saturated heterocycles. The highest BCUT2D eigenvalue weighted by Crippen LogP contribution is 2.28. The maximum atomic E-state index is 12.8. The zero-order valence-corrected chi connectivity index (χ0v) is 14.3. The fourth-order valence-corrected chi connectivity index (χ4v) is 3.29. The number of aryl methyl sites for hydroxylation is 1. The van der Waals surface area contributed by atoms with Crippen LogP contribution in [0.4, 0.5) is 0 Å². The normalized spacial score (nSPS) is 17.0. The molecule has 128 valence electrons. The lowest BCUT2D eigenvalue weighted by Crippen LogP contribution is -2.42. The van der Waals surface area contributed by atoms with Crippen molar-refractivity contribution >= 4 is 5.91 Å². The number of benzene rings is 1. The third kappa shape index (κ3) is 2.82. The van der Waals surface area contributed by atoms with Gasteiger partial charge in [-0.25, -0.2) is 0 Å². The number of nitrogens with zero attached hydrogens (tertiary/aromatic N) is 6. The van der Waals surface area contributed by atoms with Crippen LogP contribution in [0.5, 0.6) is 0 Å². The topological polar surface area (TPSA) is 68.8 Å². The molecule has 0 N–H and O–H groups in total. The van der Waals surface area contributed by atoms with E-state index in [2.05, 4.69) is 27.4 Å². The number of rotatable bonds is 4. The van der Waals surface area contributed by atoms with E-state index in [0.717, 1.165) is 17.8 Å². The van der Waals surface area contributed by atoms with Crippen LogP contribution in [0.3, 0.4) is 0 Å². The molecule has 25 heavy (non-hydrogen) atoms. The van der Waals surface area contributed by atoms with E-state index in [-0.39, 0.29) is 11.9 Å². The Bertz CT molecular complexity index is 897. The first-order chi connectivity index (χ1) is 12.1. The Balaban J connectivity index is 1.57. The van der Waals surface area contributed by atoms with Crippen molar-refractivity contribution in [2.45, 2.75) is 25.9 Å². The molecule has 3 aromatic rings. The molecule has 0 bridgehead atoms. The molecule has 3 heterocycles. The number of carbonyl (C=O) groups is 1. The highest BCUT2D eigenvalue weighted by molar-refractivity contribution is 5.82. The average molecular weight is 336 g/mol. The van der Waals surface area contributed by atoms with Gasteiger partial charge in [-0.15, -0.1) is 10.2 Å². The zero-order chi connectivity index (χ0) is 17.4. The summed E-state index contributed by atoms with van der Waals surface area (Å²) in [6, 6.07) is 9.89. The molecule has 0 unspecified atom stereocenters. The Morgan fingerprint density at radius 2 is 2.00 bits per heavy atom. The molecule has 1 aromatic carbocycles. The molecule has 1 aliphatic heterocycles. The van der Waals surface area contributed by atoms with Gasteiger partial charge in [0.25, 0.3) is 0 Å². The number of amides is 1. The number of hydrogen-bond donors (Lipinski definition) is 0. The Hall–Kier alpha value is -2.96. The van der Waals surface area contributed by atoms with Crippen LogP contribution in [0.1, 0.15) is 24.4 Å². The third-order valence-corrected chi connectivity index (χ3v) is 4.63. The van der Waals surface area contributed by atoms with E-state index in [9.17, 15) is 4.79 Å². The molecule has 7 nitrogen and oxygen atoms in total. The molecule has 1 amide bonds. The number of hydrogen-bond acceptors (Lipinski definition) is 4. The summed E-state index contributed by atoms with van der Waals surface area (Å²) < 4.78 is 3.65. The van der Waals surface area contributed by atoms with Gasteiger partial charge in [0.2, 0.25) is 5.91 Å². The van der Waals surface area contributed by atoms with E-state index in [1.165, 1.54) is 5.56 Å². The Labute approximate surface area is 145 Å². The Kier molecular flexibility index (Phi) is 3.83. The first-order valence-electron chi connectivity index (χ1n) is 8.39. The van der Waals surface area contributed by atoms with Crippen LogP contribution in [0.15, 0.2) is 42.7 Å². The summed E-state index contributed by atoms with van der Waals surface area (Å²) in [6.45, 7) is 3.08. The highest BCUT2D eigenvalue weighted by Gasteiger charge is 2.33. The predicted octanol–water partition coefficient (Wildman–Crippen LogP) is 1.82. The molecule has 0 spiro atoms. The van der Waals surface area contributed by atoms with Crippen LogP contribution in [0.2, 0.25) is 0 Å². The van der Waals surface area contributed by atoms with Gasteiger partial charge in [-0.05, 0) is 18.9 Å². The summed E-state index contributed by atoms with van der Waals surface area (Å²) in [5.41, 5.74) is 2.10. The van der Waals surface area contributed by atoms with E-state index in [0.29, 0.717) is 18.9 Å². The van der Waals surface area contributed by atoms with Crippen LogP contribution < -0.4 is 0 Å². The van der Waals surface area contributed by atoms with Gasteiger partial charge < -0.3 is 4.90 Å². The number of aromatic nitrogens is 5. The molecule has 0 radical (unpaired) electrons. The maximum absolute atomic E-state index is 12.8. The van der Waals surface area contributed by atoms with Gasteiger partial charge in [0, 0.05) is 19.8 Å². The zero-order valence-electron chi connectivity index (χ0n) is 14.3. The van der Waals surface area contributed by atoms with Crippen molar-refractivity contribution in [2.24, 2.45) is 7.05 Å². The molecular formula is C18H20N6O. The fourth-order valence-electron chi connectivity index (χ4n) is 3.29. The molecule has 0 aliphatic carbocycles.